The molecule has 0 radical (unpaired) electrons. The van der Waals surface area contributed by atoms with E-state index in [1.165, 1.54) is 0 Å². The van der Waals surface area contributed by atoms with Gasteiger partial charge in [0, 0.05) is 17.3 Å². The summed E-state index contributed by atoms with van der Waals surface area (Å²) < 4.78 is 2.89. The number of hydrogen-bond donors (Lipinski definition) is 0. The van der Waals surface area contributed by atoms with Gasteiger partial charge in [0.05, 0.1) is 0 Å². The van der Waals surface area contributed by atoms with E-state index in [1.807, 2.05) is 46.5 Å². The lowest BCUT2D eigenvalue weighted by Crippen LogP contribution is -1.88. The number of aromatic nitrogens is 1. The third-order valence-electron chi connectivity index (χ3n) is 1.61. The van der Waals surface area contributed by atoms with Gasteiger partial charge in [-0.05, 0) is 24.4 Å². The van der Waals surface area contributed by atoms with E-state index in [0.717, 1.165) is 9.64 Å². The first-order chi connectivity index (χ1) is 5.88. The highest BCUT2D eigenvalue weighted by molar-refractivity contribution is 7.73. The molecule has 0 aliphatic carbocycles. The highest BCUT2D eigenvalue weighted by Crippen LogP contribution is 2.11. The van der Waals surface area contributed by atoms with Crippen molar-refractivity contribution in [3.8, 4) is 5.69 Å². The molecule has 0 atom stereocenters. The number of nitrogens with zero attached hydrogens (tertiary/aromatic N) is 1. The van der Waals surface area contributed by atoms with E-state index >= 15 is 0 Å². The third-order valence-corrected chi connectivity index (χ3v) is 2.75. The molecule has 0 bridgehead atoms. The minimum Gasteiger partial charge on any atom is -0.299 e. The first kappa shape index (κ1) is 7.71. The molecule has 0 spiro atoms. The molecule has 1 aromatic carbocycles. The fourth-order valence-electron chi connectivity index (χ4n) is 1.05. The molecule has 1 nitrogen and oxygen atoms in total. The SMILES string of the molecule is S=c1sccn1-c1ccccc1. The Balaban J connectivity index is 2.59. The smallest absolute Gasteiger partial charge is 0.165 e. The predicted molar refractivity (Wildman–Crippen MR) is 54.5 cm³/mol. The minimum atomic E-state index is 0.890. The summed E-state index contributed by atoms with van der Waals surface area (Å²) in [6.45, 7) is 0. The van der Waals surface area contributed by atoms with Crippen molar-refractivity contribution in [1.82, 2.24) is 4.57 Å². The Hall–Kier alpha value is -0.930. The second-order valence-corrected chi connectivity index (χ2v) is 3.91. The van der Waals surface area contributed by atoms with Gasteiger partial charge in [0.2, 0.25) is 0 Å². The van der Waals surface area contributed by atoms with Gasteiger partial charge in [-0.1, -0.05) is 18.2 Å². The molecular formula is C9H7NS2. The Kier molecular flexibility index (Phi) is 2.06. The van der Waals surface area contributed by atoms with Crippen LogP contribution in [0.3, 0.4) is 0 Å². The van der Waals surface area contributed by atoms with Crippen LogP contribution in [0.25, 0.3) is 5.69 Å². The summed E-state index contributed by atoms with van der Waals surface area (Å²) in [5.74, 6) is 0. The molecule has 1 aromatic heterocycles. The summed E-state index contributed by atoms with van der Waals surface area (Å²) in [6.07, 6.45) is 1.99. The van der Waals surface area contributed by atoms with Crippen molar-refractivity contribution in [3.63, 3.8) is 0 Å². The van der Waals surface area contributed by atoms with Gasteiger partial charge in [0.15, 0.2) is 3.95 Å². The van der Waals surface area contributed by atoms with Crippen LogP contribution < -0.4 is 0 Å². The lowest BCUT2D eigenvalue weighted by Gasteiger charge is -1.99. The van der Waals surface area contributed by atoms with Gasteiger partial charge < -0.3 is 0 Å². The molecule has 0 unspecified atom stereocenters. The number of benzene rings is 1. The van der Waals surface area contributed by atoms with E-state index in [4.69, 9.17) is 12.2 Å². The summed E-state index contributed by atoms with van der Waals surface area (Å²) >= 11 is 6.73. The summed E-state index contributed by atoms with van der Waals surface area (Å²) in [6, 6.07) is 10.1. The average Bonchev–Trinajstić information content (AvgIpc) is 2.53. The van der Waals surface area contributed by atoms with E-state index in [0.29, 0.717) is 0 Å². The van der Waals surface area contributed by atoms with Gasteiger partial charge in [-0.2, -0.15) is 0 Å². The number of hydrogen-bond acceptors (Lipinski definition) is 2. The molecule has 0 saturated heterocycles. The molecule has 0 fully saturated rings. The molecule has 3 heteroatoms. The topological polar surface area (TPSA) is 4.93 Å². The van der Waals surface area contributed by atoms with Crippen LogP contribution in [-0.4, -0.2) is 4.57 Å². The first-order valence-corrected chi connectivity index (χ1v) is 4.88. The van der Waals surface area contributed by atoms with Crippen molar-refractivity contribution in [1.29, 1.82) is 0 Å². The Morgan fingerprint density at radius 3 is 2.50 bits per heavy atom. The van der Waals surface area contributed by atoms with E-state index < -0.39 is 0 Å². The Labute approximate surface area is 79.9 Å². The number of thiazole rings is 1. The zero-order valence-corrected chi connectivity index (χ0v) is 7.94. The second kappa shape index (κ2) is 3.21. The zero-order valence-electron chi connectivity index (χ0n) is 6.31. The molecule has 2 aromatic rings. The standard InChI is InChI=1S/C9H7NS2/c11-9-10(6-7-12-9)8-4-2-1-3-5-8/h1-7H. The molecule has 0 N–H and O–H groups in total. The molecule has 0 aliphatic rings. The Morgan fingerprint density at radius 1 is 1.17 bits per heavy atom. The Bertz CT molecular complexity index is 413. The van der Waals surface area contributed by atoms with E-state index in [1.54, 1.807) is 11.3 Å². The van der Waals surface area contributed by atoms with Gasteiger partial charge in [0.1, 0.15) is 0 Å². The second-order valence-electron chi connectivity index (χ2n) is 2.37. The van der Waals surface area contributed by atoms with Crippen molar-refractivity contribution in [2.24, 2.45) is 0 Å². The van der Waals surface area contributed by atoms with Crippen molar-refractivity contribution >= 4 is 23.6 Å². The highest BCUT2D eigenvalue weighted by Gasteiger charge is 1.94. The first-order valence-electron chi connectivity index (χ1n) is 3.59. The molecule has 0 aliphatic heterocycles. The zero-order chi connectivity index (χ0) is 8.39. The molecular weight excluding hydrogens is 186 g/mol. The van der Waals surface area contributed by atoms with Crippen LogP contribution in [-0.2, 0) is 0 Å². The van der Waals surface area contributed by atoms with Gasteiger partial charge in [-0.25, -0.2) is 0 Å². The average molecular weight is 193 g/mol. The van der Waals surface area contributed by atoms with Gasteiger partial charge in [-0.3, -0.25) is 4.57 Å². The summed E-state index contributed by atoms with van der Waals surface area (Å²) in [4.78, 5) is 0. The van der Waals surface area contributed by atoms with Crippen LogP contribution in [0.5, 0.6) is 0 Å². The molecule has 0 saturated carbocycles. The maximum atomic E-state index is 5.15. The molecule has 1 heterocycles. The Morgan fingerprint density at radius 2 is 1.92 bits per heavy atom. The van der Waals surface area contributed by atoms with Crippen molar-refractivity contribution in [2.75, 3.05) is 0 Å². The van der Waals surface area contributed by atoms with Crippen LogP contribution in [0, 0.1) is 3.95 Å². The summed E-state index contributed by atoms with van der Waals surface area (Å²) in [7, 11) is 0. The molecule has 60 valence electrons. The van der Waals surface area contributed by atoms with Crippen molar-refractivity contribution < 1.29 is 0 Å². The molecule has 2 rings (SSSR count). The summed E-state index contributed by atoms with van der Waals surface area (Å²) in [5, 5.41) is 2.00. The van der Waals surface area contributed by atoms with Crippen LogP contribution >= 0.6 is 23.6 Å². The monoisotopic (exact) mass is 193 g/mol. The fourth-order valence-corrected chi connectivity index (χ4v) is 1.96. The lowest BCUT2D eigenvalue weighted by molar-refractivity contribution is 1.07. The van der Waals surface area contributed by atoms with Crippen molar-refractivity contribution in [3.05, 3.63) is 45.9 Å². The quantitative estimate of drug-likeness (QED) is 0.629. The predicted octanol–water partition coefficient (Wildman–Crippen LogP) is 3.27. The lowest BCUT2D eigenvalue weighted by atomic mass is 10.3. The van der Waals surface area contributed by atoms with Crippen molar-refractivity contribution in [2.45, 2.75) is 0 Å². The van der Waals surface area contributed by atoms with Crippen LogP contribution in [0.4, 0.5) is 0 Å². The summed E-state index contributed by atoms with van der Waals surface area (Å²) in [5.41, 5.74) is 1.13. The van der Waals surface area contributed by atoms with Crippen LogP contribution in [0.1, 0.15) is 0 Å². The van der Waals surface area contributed by atoms with Crippen LogP contribution in [0.15, 0.2) is 41.9 Å². The van der Waals surface area contributed by atoms with Gasteiger partial charge >= 0.3 is 0 Å². The number of rotatable bonds is 1. The van der Waals surface area contributed by atoms with E-state index in [-0.39, 0.29) is 0 Å². The third kappa shape index (κ3) is 1.33. The van der Waals surface area contributed by atoms with Gasteiger partial charge in [0.25, 0.3) is 0 Å². The van der Waals surface area contributed by atoms with E-state index in [9.17, 15) is 0 Å². The molecule has 12 heavy (non-hydrogen) atoms. The minimum absolute atomic E-state index is 0.890. The highest BCUT2D eigenvalue weighted by atomic mass is 32.1. The van der Waals surface area contributed by atoms with Crippen LogP contribution in [0.2, 0.25) is 0 Å². The fraction of sp³-hybridized carbons (Fsp3) is 0. The molecule has 0 amide bonds. The van der Waals surface area contributed by atoms with Gasteiger partial charge in [-0.15, -0.1) is 11.3 Å². The maximum Gasteiger partial charge on any atom is 0.165 e. The maximum absolute atomic E-state index is 5.15. The van der Waals surface area contributed by atoms with E-state index in [2.05, 4.69) is 0 Å². The largest absolute Gasteiger partial charge is 0.299 e. The number of para-hydroxylation sites is 1. The normalized spacial score (nSPS) is 10.0.